The van der Waals surface area contributed by atoms with Gasteiger partial charge in [0.05, 0.1) is 12.6 Å². The van der Waals surface area contributed by atoms with Crippen molar-refractivity contribution in [1.29, 1.82) is 0 Å². The number of carbonyl (C=O) groups is 1. The zero-order valence-electron chi connectivity index (χ0n) is 15.9. The summed E-state index contributed by atoms with van der Waals surface area (Å²) >= 11 is 1.65. The molecule has 1 heterocycles. The summed E-state index contributed by atoms with van der Waals surface area (Å²) in [5, 5.41) is 5.06. The summed E-state index contributed by atoms with van der Waals surface area (Å²) in [4.78, 5) is 15.8. The maximum absolute atomic E-state index is 12.7. The highest BCUT2D eigenvalue weighted by atomic mass is 32.1. The van der Waals surface area contributed by atoms with Gasteiger partial charge in [0.1, 0.15) is 5.75 Å². The Morgan fingerprint density at radius 3 is 2.34 bits per heavy atom. The largest absolute Gasteiger partial charge is 0.435 e. The van der Waals surface area contributed by atoms with Crippen LogP contribution in [0.4, 0.5) is 8.78 Å². The fraction of sp³-hybridized carbons (Fsp3) is 0.227. The Bertz CT molecular complexity index is 887. The van der Waals surface area contributed by atoms with Crippen molar-refractivity contribution in [2.75, 3.05) is 13.6 Å². The SMILES string of the molecule is CN(CC(=O)N[C@@H](c1ccccc1)c1ccc(OC(F)F)cc1)Cc1cccs1. The van der Waals surface area contributed by atoms with Crippen LogP contribution < -0.4 is 10.1 Å². The van der Waals surface area contributed by atoms with Gasteiger partial charge >= 0.3 is 6.61 Å². The number of hydrogen-bond acceptors (Lipinski definition) is 4. The molecule has 2 aromatic carbocycles. The second-order valence-electron chi connectivity index (χ2n) is 6.61. The van der Waals surface area contributed by atoms with Crippen molar-refractivity contribution in [3.8, 4) is 5.75 Å². The fourth-order valence-corrected chi connectivity index (χ4v) is 3.81. The van der Waals surface area contributed by atoms with Crippen molar-refractivity contribution in [3.63, 3.8) is 0 Å². The third-order valence-corrected chi connectivity index (χ3v) is 5.16. The van der Waals surface area contributed by atoms with Crippen LogP contribution in [0.15, 0.2) is 72.1 Å². The van der Waals surface area contributed by atoms with E-state index in [1.165, 1.54) is 17.0 Å². The van der Waals surface area contributed by atoms with Gasteiger partial charge in [0, 0.05) is 11.4 Å². The summed E-state index contributed by atoms with van der Waals surface area (Å²) in [5.41, 5.74) is 1.69. The third-order valence-electron chi connectivity index (χ3n) is 4.30. The van der Waals surface area contributed by atoms with Gasteiger partial charge in [0.15, 0.2) is 0 Å². The van der Waals surface area contributed by atoms with Crippen molar-refractivity contribution >= 4 is 17.2 Å². The van der Waals surface area contributed by atoms with E-state index in [4.69, 9.17) is 0 Å². The van der Waals surface area contributed by atoms with E-state index >= 15 is 0 Å². The smallest absolute Gasteiger partial charge is 0.387 e. The lowest BCUT2D eigenvalue weighted by Gasteiger charge is -2.22. The molecule has 1 N–H and O–H groups in total. The summed E-state index contributed by atoms with van der Waals surface area (Å²) in [6.45, 7) is -1.93. The molecule has 3 aromatic rings. The monoisotopic (exact) mass is 416 g/mol. The molecule has 1 aromatic heterocycles. The van der Waals surface area contributed by atoms with Crippen LogP contribution in [0.5, 0.6) is 5.75 Å². The summed E-state index contributed by atoms with van der Waals surface area (Å²) in [5.74, 6) is -0.0385. The van der Waals surface area contributed by atoms with Crippen LogP contribution in [0.2, 0.25) is 0 Å². The Morgan fingerprint density at radius 1 is 1.03 bits per heavy atom. The predicted molar refractivity (Wildman–Crippen MR) is 110 cm³/mol. The highest BCUT2D eigenvalue weighted by Gasteiger charge is 2.18. The van der Waals surface area contributed by atoms with Gasteiger partial charge in [-0.1, -0.05) is 48.5 Å². The molecule has 1 amide bonds. The van der Waals surface area contributed by atoms with Gasteiger partial charge in [-0.25, -0.2) is 0 Å². The standard InChI is InChI=1S/C22H22F2N2O2S/c1-26(14-19-8-5-13-29-19)15-20(27)25-21(16-6-3-2-4-7-16)17-9-11-18(12-10-17)28-22(23)24/h2-13,21-22H,14-15H2,1H3,(H,25,27)/t21-/m0/s1. The van der Waals surface area contributed by atoms with Crippen LogP contribution in [0.1, 0.15) is 22.0 Å². The van der Waals surface area contributed by atoms with Gasteiger partial charge in [-0.05, 0) is 41.8 Å². The molecule has 0 radical (unpaired) electrons. The van der Waals surface area contributed by atoms with E-state index in [2.05, 4.69) is 10.1 Å². The summed E-state index contributed by atoms with van der Waals surface area (Å²) in [6, 6.07) is 19.5. The number of carbonyl (C=O) groups excluding carboxylic acids is 1. The normalized spacial score (nSPS) is 12.2. The Hall–Kier alpha value is -2.77. The summed E-state index contributed by atoms with van der Waals surface area (Å²) in [7, 11) is 1.90. The number of alkyl halides is 2. The van der Waals surface area contributed by atoms with Crippen LogP contribution in [0.3, 0.4) is 0 Å². The number of likely N-dealkylation sites (N-methyl/N-ethyl adjacent to an activating group) is 1. The zero-order chi connectivity index (χ0) is 20.6. The van der Waals surface area contributed by atoms with E-state index < -0.39 is 6.61 Å². The van der Waals surface area contributed by atoms with E-state index in [0.29, 0.717) is 6.54 Å². The third kappa shape index (κ3) is 6.37. The average molecular weight is 416 g/mol. The highest BCUT2D eigenvalue weighted by molar-refractivity contribution is 7.09. The first kappa shape index (κ1) is 21.0. The van der Waals surface area contributed by atoms with Gasteiger partial charge in [0.2, 0.25) is 5.91 Å². The summed E-state index contributed by atoms with van der Waals surface area (Å²) < 4.78 is 29.2. The minimum absolute atomic E-state index is 0.0811. The van der Waals surface area contributed by atoms with E-state index in [-0.39, 0.29) is 24.2 Å². The number of rotatable bonds is 9. The van der Waals surface area contributed by atoms with Crippen molar-refractivity contribution in [1.82, 2.24) is 10.2 Å². The minimum Gasteiger partial charge on any atom is -0.435 e. The van der Waals surface area contributed by atoms with Crippen LogP contribution in [0, 0.1) is 0 Å². The molecule has 7 heteroatoms. The zero-order valence-corrected chi connectivity index (χ0v) is 16.7. The molecule has 0 spiro atoms. The summed E-state index contributed by atoms with van der Waals surface area (Å²) in [6.07, 6.45) is 0. The number of hydrogen-bond donors (Lipinski definition) is 1. The lowest BCUT2D eigenvalue weighted by Crippen LogP contribution is -2.37. The topological polar surface area (TPSA) is 41.6 Å². The van der Waals surface area contributed by atoms with Gasteiger partial charge in [-0.15, -0.1) is 11.3 Å². The molecule has 29 heavy (non-hydrogen) atoms. The molecule has 0 bridgehead atoms. The molecule has 1 atom stereocenters. The molecule has 0 fully saturated rings. The molecule has 0 aliphatic heterocycles. The second kappa shape index (κ2) is 10.1. The maximum atomic E-state index is 12.7. The molecule has 0 saturated carbocycles. The first-order chi connectivity index (χ1) is 14.0. The van der Waals surface area contributed by atoms with E-state index in [1.54, 1.807) is 23.5 Å². The number of nitrogens with zero attached hydrogens (tertiary/aromatic N) is 1. The number of nitrogens with one attached hydrogen (secondary N) is 1. The lowest BCUT2D eigenvalue weighted by molar-refractivity contribution is -0.122. The molecule has 0 unspecified atom stereocenters. The average Bonchev–Trinajstić information content (AvgIpc) is 3.20. The predicted octanol–water partition coefficient (Wildman–Crippen LogP) is 4.69. The number of thiophene rings is 1. The lowest BCUT2D eigenvalue weighted by atomic mass is 9.98. The number of ether oxygens (including phenoxy) is 1. The molecule has 0 aliphatic rings. The van der Waals surface area contributed by atoms with Crippen LogP contribution >= 0.6 is 11.3 Å². The number of benzene rings is 2. The van der Waals surface area contributed by atoms with Crippen molar-refractivity contribution in [2.45, 2.75) is 19.2 Å². The number of amides is 1. The van der Waals surface area contributed by atoms with Crippen LogP contribution in [-0.4, -0.2) is 31.0 Å². The van der Waals surface area contributed by atoms with Crippen LogP contribution in [0.25, 0.3) is 0 Å². The molecule has 0 aliphatic carbocycles. The number of halogens is 2. The van der Waals surface area contributed by atoms with E-state index in [0.717, 1.165) is 11.1 Å². The molecular weight excluding hydrogens is 394 g/mol. The van der Waals surface area contributed by atoms with Gasteiger partial charge in [0.25, 0.3) is 0 Å². The first-order valence-corrected chi connectivity index (χ1v) is 9.99. The molecule has 152 valence electrons. The van der Waals surface area contributed by atoms with Crippen molar-refractivity contribution in [3.05, 3.63) is 88.1 Å². The maximum Gasteiger partial charge on any atom is 0.387 e. The Kier molecular flexibility index (Phi) is 7.32. The van der Waals surface area contributed by atoms with Crippen LogP contribution in [-0.2, 0) is 11.3 Å². The van der Waals surface area contributed by atoms with Gasteiger partial charge in [-0.2, -0.15) is 8.78 Å². The van der Waals surface area contributed by atoms with E-state index in [9.17, 15) is 13.6 Å². The van der Waals surface area contributed by atoms with Crippen molar-refractivity contribution < 1.29 is 18.3 Å². The molecular formula is C22H22F2N2O2S. The highest BCUT2D eigenvalue weighted by Crippen LogP contribution is 2.25. The molecule has 4 nitrogen and oxygen atoms in total. The van der Waals surface area contributed by atoms with Gasteiger partial charge in [-0.3, -0.25) is 9.69 Å². The first-order valence-electron chi connectivity index (χ1n) is 9.11. The second-order valence-corrected chi connectivity index (χ2v) is 7.64. The van der Waals surface area contributed by atoms with E-state index in [1.807, 2.05) is 59.8 Å². The fourth-order valence-electron chi connectivity index (χ4n) is 3.02. The molecule has 3 rings (SSSR count). The Balaban J connectivity index is 1.71. The van der Waals surface area contributed by atoms with Crippen molar-refractivity contribution in [2.24, 2.45) is 0 Å². The van der Waals surface area contributed by atoms with Gasteiger partial charge < -0.3 is 10.1 Å². The quantitative estimate of drug-likeness (QED) is 0.550. The Labute approximate surface area is 172 Å². The minimum atomic E-state index is -2.87. The Morgan fingerprint density at radius 2 is 1.72 bits per heavy atom. The molecule has 0 saturated heterocycles.